The van der Waals surface area contributed by atoms with Crippen molar-refractivity contribution in [2.24, 2.45) is 5.92 Å². The molecular formula is C17H29N3. The summed E-state index contributed by atoms with van der Waals surface area (Å²) >= 11 is 0. The summed E-state index contributed by atoms with van der Waals surface area (Å²) < 4.78 is 0. The molecule has 1 heterocycles. The van der Waals surface area contributed by atoms with E-state index in [0.717, 1.165) is 24.8 Å². The molecule has 0 saturated heterocycles. The molecule has 1 aromatic heterocycles. The molecule has 0 amide bonds. The third-order valence-corrected chi connectivity index (χ3v) is 3.96. The quantitative estimate of drug-likeness (QED) is 0.743. The first-order valence-corrected chi connectivity index (χ1v) is 8.18. The van der Waals surface area contributed by atoms with Gasteiger partial charge in [-0.3, -0.25) is 0 Å². The topological polar surface area (TPSA) is 28.2 Å². The molecule has 20 heavy (non-hydrogen) atoms. The van der Waals surface area contributed by atoms with E-state index >= 15 is 0 Å². The molecule has 2 rings (SSSR count). The molecule has 1 atom stereocenters. The summed E-state index contributed by atoms with van der Waals surface area (Å²) in [7, 11) is 0. The second kappa shape index (κ2) is 7.63. The van der Waals surface area contributed by atoms with Gasteiger partial charge in [0, 0.05) is 25.3 Å². The Labute approximate surface area is 123 Å². The summed E-state index contributed by atoms with van der Waals surface area (Å²) in [6.45, 7) is 10.1. The largest absolute Gasteiger partial charge is 0.356 e. The number of anilines is 1. The van der Waals surface area contributed by atoms with Crippen molar-refractivity contribution in [2.75, 3.05) is 24.5 Å². The highest BCUT2D eigenvalue weighted by molar-refractivity contribution is 5.42. The number of rotatable bonds is 9. The summed E-state index contributed by atoms with van der Waals surface area (Å²) in [4.78, 5) is 7.07. The van der Waals surface area contributed by atoms with Gasteiger partial charge in [0.25, 0.3) is 0 Å². The molecule has 1 fully saturated rings. The van der Waals surface area contributed by atoms with Crippen molar-refractivity contribution in [3.63, 3.8) is 0 Å². The normalized spacial score (nSPS) is 16.1. The number of pyridine rings is 1. The van der Waals surface area contributed by atoms with Crippen molar-refractivity contribution >= 4 is 5.82 Å². The third kappa shape index (κ3) is 4.48. The first kappa shape index (κ1) is 15.3. The minimum Gasteiger partial charge on any atom is -0.356 e. The third-order valence-electron chi connectivity index (χ3n) is 3.96. The van der Waals surface area contributed by atoms with Crippen molar-refractivity contribution in [3.05, 3.63) is 23.9 Å². The Morgan fingerprint density at radius 3 is 2.80 bits per heavy atom. The molecule has 1 aliphatic carbocycles. The highest BCUT2D eigenvalue weighted by atomic mass is 15.2. The summed E-state index contributed by atoms with van der Waals surface area (Å²) in [6, 6.07) is 4.81. The van der Waals surface area contributed by atoms with Gasteiger partial charge in [-0.2, -0.15) is 0 Å². The molecule has 1 saturated carbocycles. The molecular weight excluding hydrogens is 246 g/mol. The van der Waals surface area contributed by atoms with Crippen molar-refractivity contribution in [3.8, 4) is 0 Å². The van der Waals surface area contributed by atoms with Crippen molar-refractivity contribution < 1.29 is 0 Å². The molecule has 3 heteroatoms. The second-order valence-electron chi connectivity index (χ2n) is 6.01. The summed E-state index contributed by atoms with van der Waals surface area (Å²) in [5.41, 5.74) is 1.35. The Bertz CT molecular complexity index is 401. The summed E-state index contributed by atoms with van der Waals surface area (Å²) in [6.07, 6.45) is 7.11. The van der Waals surface area contributed by atoms with Gasteiger partial charge in [-0.1, -0.05) is 13.8 Å². The summed E-state index contributed by atoms with van der Waals surface area (Å²) in [5.74, 6) is 2.06. The highest BCUT2D eigenvalue weighted by Crippen LogP contribution is 2.31. The Hall–Kier alpha value is -1.09. The number of hydrogen-bond acceptors (Lipinski definition) is 3. The van der Waals surface area contributed by atoms with Crippen LogP contribution in [0, 0.1) is 5.92 Å². The number of hydrogen-bond donors (Lipinski definition) is 1. The zero-order valence-corrected chi connectivity index (χ0v) is 13.2. The Morgan fingerprint density at radius 2 is 2.15 bits per heavy atom. The van der Waals surface area contributed by atoms with Gasteiger partial charge in [-0.05, 0) is 62.8 Å². The molecule has 0 bridgehead atoms. The number of nitrogens with one attached hydrogen (secondary N) is 1. The standard InChI is InChI=1S/C17H29N3/c1-4-9-18-14(3)16-8-10-19-17(12-16)20(11-5-2)13-15-6-7-15/h8,10,12,14-15,18H,4-7,9,11,13H2,1-3H3. The fraction of sp³-hybridized carbons (Fsp3) is 0.706. The predicted molar refractivity (Wildman–Crippen MR) is 86.2 cm³/mol. The molecule has 1 aliphatic rings. The summed E-state index contributed by atoms with van der Waals surface area (Å²) in [5, 5.41) is 3.55. The van der Waals surface area contributed by atoms with Crippen LogP contribution in [0.1, 0.15) is 58.1 Å². The minimum atomic E-state index is 0.404. The maximum absolute atomic E-state index is 4.60. The van der Waals surface area contributed by atoms with Crippen LogP contribution < -0.4 is 10.2 Å². The van der Waals surface area contributed by atoms with E-state index in [4.69, 9.17) is 0 Å². The van der Waals surface area contributed by atoms with Crippen LogP contribution in [0.2, 0.25) is 0 Å². The Kier molecular flexibility index (Phi) is 5.84. The molecule has 0 aliphatic heterocycles. The van der Waals surface area contributed by atoms with Gasteiger partial charge in [0.2, 0.25) is 0 Å². The molecule has 0 aromatic carbocycles. The SMILES string of the molecule is CCCNC(C)c1ccnc(N(CCC)CC2CC2)c1. The van der Waals surface area contributed by atoms with Gasteiger partial charge in [0.15, 0.2) is 0 Å². The van der Waals surface area contributed by atoms with Crippen LogP contribution in [0.25, 0.3) is 0 Å². The number of aromatic nitrogens is 1. The zero-order valence-electron chi connectivity index (χ0n) is 13.2. The molecule has 3 nitrogen and oxygen atoms in total. The smallest absolute Gasteiger partial charge is 0.128 e. The zero-order chi connectivity index (χ0) is 14.4. The Morgan fingerprint density at radius 1 is 1.35 bits per heavy atom. The molecule has 0 radical (unpaired) electrons. The average Bonchev–Trinajstić information content (AvgIpc) is 3.28. The van der Waals surface area contributed by atoms with Crippen molar-refractivity contribution in [1.29, 1.82) is 0 Å². The van der Waals surface area contributed by atoms with Crippen LogP contribution in [0.5, 0.6) is 0 Å². The van der Waals surface area contributed by atoms with E-state index in [1.54, 1.807) is 0 Å². The first-order valence-electron chi connectivity index (χ1n) is 8.18. The van der Waals surface area contributed by atoms with E-state index in [2.05, 4.69) is 48.1 Å². The van der Waals surface area contributed by atoms with E-state index in [0.29, 0.717) is 6.04 Å². The van der Waals surface area contributed by atoms with Gasteiger partial charge >= 0.3 is 0 Å². The fourth-order valence-electron chi connectivity index (χ4n) is 2.54. The van der Waals surface area contributed by atoms with Crippen LogP contribution >= 0.6 is 0 Å². The highest BCUT2D eigenvalue weighted by Gasteiger charge is 2.24. The van der Waals surface area contributed by atoms with E-state index in [1.165, 1.54) is 37.8 Å². The average molecular weight is 275 g/mol. The second-order valence-corrected chi connectivity index (χ2v) is 6.01. The molecule has 1 unspecified atom stereocenters. The Balaban J connectivity index is 2.05. The van der Waals surface area contributed by atoms with Crippen molar-refractivity contribution in [1.82, 2.24) is 10.3 Å². The molecule has 0 spiro atoms. The van der Waals surface area contributed by atoms with Gasteiger partial charge in [0.1, 0.15) is 5.82 Å². The lowest BCUT2D eigenvalue weighted by Crippen LogP contribution is -2.28. The van der Waals surface area contributed by atoms with Gasteiger partial charge in [0.05, 0.1) is 0 Å². The fourth-order valence-corrected chi connectivity index (χ4v) is 2.54. The van der Waals surface area contributed by atoms with Crippen LogP contribution in [0.3, 0.4) is 0 Å². The van der Waals surface area contributed by atoms with Crippen LogP contribution in [0.4, 0.5) is 5.82 Å². The monoisotopic (exact) mass is 275 g/mol. The van der Waals surface area contributed by atoms with E-state index in [9.17, 15) is 0 Å². The lowest BCUT2D eigenvalue weighted by molar-refractivity contribution is 0.569. The molecule has 1 N–H and O–H groups in total. The van der Waals surface area contributed by atoms with Crippen molar-refractivity contribution in [2.45, 2.75) is 52.5 Å². The van der Waals surface area contributed by atoms with Gasteiger partial charge < -0.3 is 10.2 Å². The lowest BCUT2D eigenvalue weighted by Gasteiger charge is -2.24. The maximum Gasteiger partial charge on any atom is 0.128 e. The van der Waals surface area contributed by atoms with E-state index in [1.807, 2.05) is 6.20 Å². The predicted octanol–water partition coefficient (Wildman–Crippen LogP) is 3.77. The lowest BCUT2D eigenvalue weighted by atomic mass is 10.1. The maximum atomic E-state index is 4.60. The van der Waals surface area contributed by atoms with Gasteiger partial charge in [-0.15, -0.1) is 0 Å². The van der Waals surface area contributed by atoms with E-state index in [-0.39, 0.29) is 0 Å². The van der Waals surface area contributed by atoms with Crippen LogP contribution in [-0.4, -0.2) is 24.6 Å². The minimum absolute atomic E-state index is 0.404. The number of nitrogens with zero attached hydrogens (tertiary/aromatic N) is 2. The first-order chi connectivity index (χ1) is 9.74. The van der Waals surface area contributed by atoms with Gasteiger partial charge in [-0.25, -0.2) is 4.98 Å². The molecule has 112 valence electrons. The molecule has 1 aromatic rings. The van der Waals surface area contributed by atoms with E-state index < -0.39 is 0 Å². The van der Waals surface area contributed by atoms with Crippen LogP contribution in [0.15, 0.2) is 18.3 Å². The van der Waals surface area contributed by atoms with Crippen LogP contribution in [-0.2, 0) is 0 Å².